The summed E-state index contributed by atoms with van der Waals surface area (Å²) in [5, 5.41) is 6.55. The van der Waals surface area contributed by atoms with E-state index in [0.717, 1.165) is 0 Å². The predicted octanol–water partition coefficient (Wildman–Crippen LogP) is -0.554. The highest BCUT2D eigenvalue weighted by Crippen LogP contribution is 2.05. The molecule has 1 amide bonds. The van der Waals surface area contributed by atoms with Crippen molar-refractivity contribution in [3.8, 4) is 0 Å². The van der Waals surface area contributed by atoms with Crippen LogP contribution in [0.2, 0.25) is 0 Å². The third-order valence-electron chi connectivity index (χ3n) is 2.32. The van der Waals surface area contributed by atoms with Crippen LogP contribution in [0, 0.1) is 0 Å². The Labute approximate surface area is 94.4 Å². The van der Waals surface area contributed by atoms with Gasteiger partial charge in [-0.05, 0) is 0 Å². The number of ketones is 1. The molecule has 0 aromatic heterocycles. The summed E-state index contributed by atoms with van der Waals surface area (Å²) in [7, 11) is 1.57. The van der Waals surface area contributed by atoms with E-state index in [2.05, 4.69) is 15.8 Å². The fourth-order valence-corrected chi connectivity index (χ4v) is 1.37. The Bertz CT molecular complexity index is 302. The summed E-state index contributed by atoms with van der Waals surface area (Å²) in [6.45, 7) is 2.71. The Morgan fingerprint density at radius 3 is 3.00 bits per heavy atom. The molecule has 6 nitrogen and oxygen atoms in total. The second kappa shape index (κ2) is 6.22. The van der Waals surface area contributed by atoms with Crippen LogP contribution in [0.1, 0.15) is 19.8 Å². The Kier molecular flexibility index (Phi) is 4.91. The van der Waals surface area contributed by atoms with Crippen molar-refractivity contribution >= 4 is 17.4 Å². The van der Waals surface area contributed by atoms with Crippen LogP contribution >= 0.6 is 0 Å². The number of hydrazone groups is 1. The third kappa shape index (κ3) is 3.30. The Morgan fingerprint density at radius 1 is 1.62 bits per heavy atom. The summed E-state index contributed by atoms with van der Waals surface area (Å²) >= 11 is 0. The molecule has 0 fully saturated rings. The Balaban J connectivity index is 2.32. The number of carbonyl (C=O) groups is 2. The summed E-state index contributed by atoms with van der Waals surface area (Å²) in [6.07, 6.45) is 0.782. The quantitative estimate of drug-likeness (QED) is 0.596. The van der Waals surface area contributed by atoms with Gasteiger partial charge in [0.15, 0.2) is 5.78 Å². The molecule has 1 rings (SSSR count). The fourth-order valence-electron chi connectivity index (χ4n) is 1.37. The van der Waals surface area contributed by atoms with Crippen LogP contribution in [-0.2, 0) is 14.3 Å². The van der Waals surface area contributed by atoms with Crippen molar-refractivity contribution in [2.45, 2.75) is 25.8 Å². The monoisotopic (exact) mass is 227 g/mol. The van der Waals surface area contributed by atoms with Gasteiger partial charge in [-0.15, -0.1) is 0 Å². The van der Waals surface area contributed by atoms with Gasteiger partial charge in [0, 0.05) is 26.5 Å². The molecule has 90 valence electrons. The minimum Gasteiger partial charge on any atom is -0.383 e. The number of ether oxygens (including phenoxy) is 1. The molecule has 0 aliphatic carbocycles. The molecule has 1 heterocycles. The van der Waals surface area contributed by atoms with Gasteiger partial charge in [0.05, 0.1) is 6.61 Å². The Morgan fingerprint density at radius 2 is 2.38 bits per heavy atom. The summed E-state index contributed by atoms with van der Waals surface area (Å²) in [6, 6.07) is -0.428. The maximum Gasteiger partial charge on any atom is 0.244 e. The number of hydrogen-bond acceptors (Lipinski definition) is 5. The summed E-state index contributed by atoms with van der Waals surface area (Å²) in [5.74, 6) is -0.167. The predicted molar refractivity (Wildman–Crippen MR) is 59.2 cm³/mol. The van der Waals surface area contributed by atoms with Crippen LogP contribution in [0.25, 0.3) is 0 Å². The average molecular weight is 227 g/mol. The first-order chi connectivity index (χ1) is 7.69. The van der Waals surface area contributed by atoms with E-state index in [1.165, 1.54) is 0 Å². The molecular weight excluding hydrogens is 210 g/mol. The average Bonchev–Trinajstić information content (AvgIpc) is 2.77. The van der Waals surface area contributed by atoms with Crippen molar-refractivity contribution < 1.29 is 14.3 Å². The van der Waals surface area contributed by atoms with Gasteiger partial charge in [-0.1, -0.05) is 6.92 Å². The number of amides is 1. The van der Waals surface area contributed by atoms with E-state index >= 15 is 0 Å². The molecule has 1 aliphatic heterocycles. The zero-order valence-electron chi connectivity index (χ0n) is 9.58. The number of rotatable bonds is 6. The molecule has 0 saturated heterocycles. The van der Waals surface area contributed by atoms with Gasteiger partial charge in [-0.2, -0.15) is 5.10 Å². The lowest BCUT2D eigenvalue weighted by atomic mass is 10.1. The molecule has 0 aromatic rings. The molecule has 0 spiro atoms. The number of nitrogens with one attached hydrogen (secondary N) is 2. The molecular formula is C10H17N3O3. The zero-order valence-corrected chi connectivity index (χ0v) is 9.58. The van der Waals surface area contributed by atoms with Gasteiger partial charge in [0.2, 0.25) is 5.91 Å². The van der Waals surface area contributed by atoms with Gasteiger partial charge in [0.25, 0.3) is 0 Å². The smallest absolute Gasteiger partial charge is 0.244 e. The standard InChI is InChI=1S/C10H17N3O3/c1-3-9(14)7-6-8(13-12-7)10(15)11-4-5-16-2/h8,13H,3-6H2,1-2H3,(H,11,15). The number of nitrogens with zero attached hydrogens (tertiary/aromatic N) is 1. The first-order valence-corrected chi connectivity index (χ1v) is 5.31. The zero-order chi connectivity index (χ0) is 12.0. The van der Waals surface area contributed by atoms with Crippen molar-refractivity contribution in [3.63, 3.8) is 0 Å². The van der Waals surface area contributed by atoms with E-state index in [-0.39, 0.29) is 11.7 Å². The van der Waals surface area contributed by atoms with Crippen LogP contribution < -0.4 is 10.7 Å². The molecule has 1 unspecified atom stereocenters. The summed E-state index contributed by atoms with van der Waals surface area (Å²) < 4.78 is 4.81. The van der Waals surface area contributed by atoms with Crippen molar-refractivity contribution in [1.82, 2.24) is 10.7 Å². The molecule has 16 heavy (non-hydrogen) atoms. The highest BCUT2D eigenvalue weighted by atomic mass is 16.5. The van der Waals surface area contributed by atoms with Crippen LogP contribution in [0.3, 0.4) is 0 Å². The van der Waals surface area contributed by atoms with E-state index in [4.69, 9.17) is 4.74 Å². The molecule has 0 bridgehead atoms. The van der Waals surface area contributed by atoms with Gasteiger partial charge in [-0.25, -0.2) is 0 Å². The fraction of sp³-hybridized carbons (Fsp3) is 0.700. The van der Waals surface area contributed by atoms with E-state index in [9.17, 15) is 9.59 Å². The van der Waals surface area contributed by atoms with Crippen molar-refractivity contribution in [2.75, 3.05) is 20.3 Å². The van der Waals surface area contributed by atoms with Crippen molar-refractivity contribution in [3.05, 3.63) is 0 Å². The second-order valence-electron chi connectivity index (χ2n) is 3.50. The molecule has 0 radical (unpaired) electrons. The number of hydrogen-bond donors (Lipinski definition) is 2. The first kappa shape index (κ1) is 12.6. The lowest BCUT2D eigenvalue weighted by Gasteiger charge is -2.09. The molecule has 1 aliphatic rings. The summed E-state index contributed by atoms with van der Waals surface area (Å²) in [5.41, 5.74) is 3.12. The van der Waals surface area contributed by atoms with Crippen molar-refractivity contribution in [1.29, 1.82) is 0 Å². The second-order valence-corrected chi connectivity index (χ2v) is 3.50. The number of Topliss-reactive ketones (excluding diaryl/α,β-unsaturated/α-hetero) is 1. The lowest BCUT2D eigenvalue weighted by molar-refractivity contribution is -0.122. The summed E-state index contributed by atoms with van der Waals surface area (Å²) in [4.78, 5) is 22.9. The SMILES string of the molecule is CCC(=O)C1=NNC(C(=O)NCCOC)C1. The molecule has 2 N–H and O–H groups in total. The van der Waals surface area contributed by atoms with Gasteiger partial charge < -0.3 is 10.1 Å². The normalized spacial score (nSPS) is 18.9. The first-order valence-electron chi connectivity index (χ1n) is 5.31. The van der Waals surface area contributed by atoms with Crippen LogP contribution in [0.5, 0.6) is 0 Å². The van der Waals surface area contributed by atoms with Gasteiger partial charge >= 0.3 is 0 Å². The third-order valence-corrected chi connectivity index (χ3v) is 2.32. The van der Waals surface area contributed by atoms with Crippen LogP contribution in [-0.4, -0.2) is 43.7 Å². The van der Waals surface area contributed by atoms with E-state index in [0.29, 0.717) is 31.7 Å². The van der Waals surface area contributed by atoms with E-state index < -0.39 is 6.04 Å². The lowest BCUT2D eigenvalue weighted by Crippen LogP contribution is -2.41. The maximum absolute atomic E-state index is 11.6. The van der Waals surface area contributed by atoms with Gasteiger partial charge in [0.1, 0.15) is 11.8 Å². The van der Waals surface area contributed by atoms with Crippen molar-refractivity contribution in [2.24, 2.45) is 5.10 Å². The van der Waals surface area contributed by atoms with E-state index in [1.54, 1.807) is 14.0 Å². The number of carbonyl (C=O) groups excluding carboxylic acids is 2. The van der Waals surface area contributed by atoms with Crippen LogP contribution in [0.4, 0.5) is 0 Å². The molecule has 1 atom stereocenters. The van der Waals surface area contributed by atoms with Crippen LogP contribution in [0.15, 0.2) is 5.10 Å². The minimum absolute atomic E-state index is 0.0142. The molecule has 6 heteroatoms. The largest absolute Gasteiger partial charge is 0.383 e. The van der Waals surface area contributed by atoms with Gasteiger partial charge in [-0.3, -0.25) is 15.0 Å². The highest BCUT2D eigenvalue weighted by Gasteiger charge is 2.27. The number of methoxy groups -OCH3 is 1. The topological polar surface area (TPSA) is 79.8 Å². The molecule has 0 saturated carbocycles. The molecule has 0 aromatic carbocycles. The highest BCUT2D eigenvalue weighted by molar-refractivity contribution is 6.40. The Hall–Kier alpha value is -1.43. The maximum atomic E-state index is 11.6. The minimum atomic E-state index is -0.428. The van der Waals surface area contributed by atoms with E-state index in [1.807, 2.05) is 0 Å².